The molecular formula is C16H27NO3. The molecule has 2 unspecified atom stereocenters. The van der Waals surface area contributed by atoms with E-state index in [2.05, 4.69) is 0 Å². The third-order valence-corrected chi connectivity index (χ3v) is 2.80. The minimum Gasteiger partial charge on any atom is -0.491 e. The molecule has 114 valence electrons. The summed E-state index contributed by atoms with van der Waals surface area (Å²) < 4.78 is 16.6. The molecule has 0 saturated carbocycles. The van der Waals surface area contributed by atoms with Crippen molar-refractivity contribution >= 4 is 0 Å². The lowest BCUT2D eigenvalue weighted by molar-refractivity contribution is -0.00836. The van der Waals surface area contributed by atoms with E-state index in [0.29, 0.717) is 19.8 Å². The van der Waals surface area contributed by atoms with Gasteiger partial charge in [0.1, 0.15) is 5.75 Å². The van der Waals surface area contributed by atoms with Gasteiger partial charge in [-0.25, -0.2) is 0 Å². The van der Waals surface area contributed by atoms with Gasteiger partial charge in [-0.15, -0.1) is 0 Å². The molecule has 4 nitrogen and oxygen atoms in total. The minimum absolute atomic E-state index is 0.0598. The lowest BCUT2D eigenvalue weighted by Gasteiger charge is -2.18. The van der Waals surface area contributed by atoms with Gasteiger partial charge in [-0.3, -0.25) is 0 Å². The van der Waals surface area contributed by atoms with Gasteiger partial charge in [0, 0.05) is 6.61 Å². The fourth-order valence-corrected chi connectivity index (χ4v) is 1.76. The van der Waals surface area contributed by atoms with E-state index in [1.165, 1.54) is 0 Å². The maximum Gasteiger partial charge on any atom is 0.119 e. The van der Waals surface area contributed by atoms with Crippen LogP contribution in [-0.4, -0.2) is 32.0 Å². The number of benzene rings is 1. The number of rotatable bonds is 9. The molecule has 0 radical (unpaired) electrons. The second kappa shape index (κ2) is 8.95. The highest BCUT2D eigenvalue weighted by atomic mass is 16.5. The molecule has 1 aromatic carbocycles. The molecule has 0 aromatic heterocycles. The predicted octanol–water partition coefficient (Wildman–Crippen LogP) is 2.92. The van der Waals surface area contributed by atoms with Gasteiger partial charge in [-0.05, 0) is 45.4 Å². The molecule has 0 fully saturated rings. The van der Waals surface area contributed by atoms with Gasteiger partial charge >= 0.3 is 0 Å². The summed E-state index contributed by atoms with van der Waals surface area (Å²) in [5.41, 5.74) is 7.16. The van der Waals surface area contributed by atoms with E-state index < -0.39 is 0 Å². The Balaban J connectivity index is 2.41. The molecule has 20 heavy (non-hydrogen) atoms. The molecule has 2 atom stereocenters. The fourth-order valence-electron chi connectivity index (χ4n) is 1.76. The zero-order chi connectivity index (χ0) is 15.0. The Morgan fingerprint density at radius 1 is 1.05 bits per heavy atom. The number of hydrogen-bond donors (Lipinski definition) is 1. The first-order chi connectivity index (χ1) is 9.52. The van der Waals surface area contributed by atoms with Crippen LogP contribution in [0.2, 0.25) is 0 Å². The average Bonchev–Trinajstić information content (AvgIpc) is 2.42. The summed E-state index contributed by atoms with van der Waals surface area (Å²) in [7, 11) is 0. The number of ether oxygens (including phenoxy) is 3. The Morgan fingerprint density at radius 2 is 1.70 bits per heavy atom. The second-order valence-electron chi connectivity index (χ2n) is 5.15. The molecule has 0 aliphatic rings. The van der Waals surface area contributed by atoms with Crippen molar-refractivity contribution in [3.63, 3.8) is 0 Å². The maximum absolute atomic E-state index is 6.12. The van der Waals surface area contributed by atoms with Crippen LogP contribution in [0, 0.1) is 0 Å². The van der Waals surface area contributed by atoms with E-state index in [4.69, 9.17) is 19.9 Å². The van der Waals surface area contributed by atoms with Crippen molar-refractivity contribution in [3.8, 4) is 5.75 Å². The SMILES string of the molecule is CCOCC(C)OCC(N)c1ccc(OC(C)C)cc1. The lowest BCUT2D eigenvalue weighted by Crippen LogP contribution is -2.23. The second-order valence-corrected chi connectivity index (χ2v) is 5.15. The third kappa shape index (κ3) is 6.37. The Labute approximate surface area is 122 Å². The molecule has 0 aliphatic heterocycles. The van der Waals surface area contributed by atoms with E-state index >= 15 is 0 Å². The van der Waals surface area contributed by atoms with Crippen molar-refractivity contribution in [1.82, 2.24) is 0 Å². The normalized spacial score (nSPS) is 14.3. The number of nitrogens with two attached hydrogens (primary N) is 1. The van der Waals surface area contributed by atoms with E-state index in [1.54, 1.807) is 0 Å². The van der Waals surface area contributed by atoms with E-state index in [0.717, 1.165) is 11.3 Å². The first-order valence-electron chi connectivity index (χ1n) is 7.24. The third-order valence-electron chi connectivity index (χ3n) is 2.80. The molecule has 0 saturated heterocycles. The van der Waals surface area contributed by atoms with Crippen LogP contribution in [0.1, 0.15) is 39.3 Å². The standard InChI is InChI=1S/C16H27NO3/c1-5-18-10-13(4)19-11-16(17)14-6-8-15(9-7-14)20-12(2)3/h6-9,12-13,16H,5,10-11,17H2,1-4H3. The largest absolute Gasteiger partial charge is 0.491 e. The van der Waals surface area contributed by atoms with E-state index in [9.17, 15) is 0 Å². The molecule has 0 spiro atoms. The van der Waals surface area contributed by atoms with Gasteiger partial charge in [0.05, 0.1) is 31.5 Å². The van der Waals surface area contributed by atoms with Gasteiger partial charge in [0.2, 0.25) is 0 Å². The molecule has 2 N–H and O–H groups in total. The van der Waals surface area contributed by atoms with Crippen molar-refractivity contribution in [2.75, 3.05) is 19.8 Å². The Bertz CT molecular complexity index is 364. The van der Waals surface area contributed by atoms with Crippen LogP contribution in [0.4, 0.5) is 0 Å². The summed E-state index contributed by atoms with van der Waals surface area (Å²) >= 11 is 0. The lowest BCUT2D eigenvalue weighted by atomic mass is 10.1. The molecular weight excluding hydrogens is 254 g/mol. The zero-order valence-electron chi connectivity index (χ0n) is 13.0. The van der Waals surface area contributed by atoms with Crippen LogP contribution in [0.3, 0.4) is 0 Å². The maximum atomic E-state index is 6.12. The van der Waals surface area contributed by atoms with Gasteiger partial charge in [0.15, 0.2) is 0 Å². The van der Waals surface area contributed by atoms with Gasteiger partial charge < -0.3 is 19.9 Å². The van der Waals surface area contributed by atoms with Crippen molar-refractivity contribution in [3.05, 3.63) is 29.8 Å². The number of hydrogen-bond acceptors (Lipinski definition) is 4. The van der Waals surface area contributed by atoms with Crippen LogP contribution in [0.25, 0.3) is 0 Å². The molecule has 0 aliphatic carbocycles. The van der Waals surface area contributed by atoms with Crippen LogP contribution in [0.5, 0.6) is 5.75 Å². The van der Waals surface area contributed by atoms with Gasteiger partial charge in [-0.1, -0.05) is 12.1 Å². The van der Waals surface area contributed by atoms with E-state index in [1.807, 2.05) is 52.0 Å². The molecule has 0 bridgehead atoms. The first kappa shape index (κ1) is 17.0. The smallest absolute Gasteiger partial charge is 0.119 e. The topological polar surface area (TPSA) is 53.7 Å². The summed E-state index contributed by atoms with van der Waals surface area (Å²) in [6, 6.07) is 7.72. The van der Waals surface area contributed by atoms with Crippen LogP contribution < -0.4 is 10.5 Å². The molecule has 0 heterocycles. The minimum atomic E-state index is -0.132. The van der Waals surface area contributed by atoms with Crippen LogP contribution >= 0.6 is 0 Å². The van der Waals surface area contributed by atoms with Crippen molar-refractivity contribution < 1.29 is 14.2 Å². The Morgan fingerprint density at radius 3 is 2.25 bits per heavy atom. The van der Waals surface area contributed by atoms with Gasteiger partial charge in [0.25, 0.3) is 0 Å². The van der Waals surface area contributed by atoms with Gasteiger partial charge in [-0.2, -0.15) is 0 Å². The first-order valence-corrected chi connectivity index (χ1v) is 7.24. The zero-order valence-corrected chi connectivity index (χ0v) is 13.0. The van der Waals surface area contributed by atoms with Crippen molar-refractivity contribution in [2.24, 2.45) is 5.73 Å². The average molecular weight is 281 g/mol. The highest BCUT2D eigenvalue weighted by Gasteiger charge is 2.09. The Kier molecular flexibility index (Phi) is 7.59. The predicted molar refractivity (Wildman–Crippen MR) is 81.0 cm³/mol. The fraction of sp³-hybridized carbons (Fsp3) is 0.625. The highest BCUT2D eigenvalue weighted by Crippen LogP contribution is 2.18. The van der Waals surface area contributed by atoms with Crippen LogP contribution in [0.15, 0.2) is 24.3 Å². The molecule has 4 heteroatoms. The van der Waals surface area contributed by atoms with Crippen molar-refractivity contribution in [1.29, 1.82) is 0 Å². The highest BCUT2D eigenvalue weighted by molar-refractivity contribution is 5.29. The summed E-state index contributed by atoms with van der Waals surface area (Å²) in [4.78, 5) is 0. The Hall–Kier alpha value is -1.10. The molecule has 1 aromatic rings. The van der Waals surface area contributed by atoms with Crippen LogP contribution in [-0.2, 0) is 9.47 Å². The quantitative estimate of drug-likeness (QED) is 0.756. The summed E-state index contributed by atoms with van der Waals surface area (Å²) in [6.45, 7) is 9.77. The summed E-state index contributed by atoms with van der Waals surface area (Å²) in [5.74, 6) is 0.863. The molecule has 0 amide bonds. The summed E-state index contributed by atoms with van der Waals surface area (Å²) in [5, 5.41) is 0. The molecule has 1 rings (SSSR count). The van der Waals surface area contributed by atoms with Crippen molar-refractivity contribution in [2.45, 2.75) is 45.9 Å². The summed E-state index contributed by atoms with van der Waals surface area (Å²) in [6.07, 6.45) is 0.238. The monoisotopic (exact) mass is 281 g/mol. The van der Waals surface area contributed by atoms with E-state index in [-0.39, 0.29) is 18.2 Å².